The van der Waals surface area contributed by atoms with Crippen molar-refractivity contribution in [1.82, 2.24) is 5.32 Å². The first kappa shape index (κ1) is 11.0. The number of rotatable bonds is 7. The first-order valence-corrected chi connectivity index (χ1v) is 5.19. The lowest BCUT2D eigenvalue weighted by atomic mass is 10.2. The molecule has 1 aliphatic rings. The number of hydrogen-bond acceptors (Lipinski definition) is 3. The standard InChI is InChI=1S/C10H22N2O/c1-8-5-9(8)6-12-7-10(11)3-4-13-2/h8-10,12H,3-7,11H2,1-2H3. The highest BCUT2D eigenvalue weighted by Gasteiger charge is 2.31. The minimum absolute atomic E-state index is 0.244. The summed E-state index contributed by atoms with van der Waals surface area (Å²) in [6, 6.07) is 0.244. The first-order chi connectivity index (χ1) is 6.24. The van der Waals surface area contributed by atoms with Crippen LogP contribution >= 0.6 is 0 Å². The average Bonchev–Trinajstić information content (AvgIpc) is 2.79. The van der Waals surface area contributed by atoms with Gasteiger partial charge < -0.3 is 15.8 Å². The number of hydrogen-bond donors (Lipinski definition) is 2. The third-order valence-corrected chi connectivity index (χ3v) is 2.78. The van der Waals surface area contributed by atoms with Crippen LogP contribution < -0.4 is 11.1 Å². The second-order valence-electron chi connectivity index (χ2n) is 4.17. The van der Waals surface area contributed by atoms with Crippen molar-refractivity contribution < 1.29 is 4.74 Å². The zero-order valence-electron chi connectivity index (χ0n) is 8.75. The van der Waals surface area contributed by atoms with Crippen molar-refractivity contribution in [3.05, 3.63) is 0 Å². The van der Waals surface area contributed by atoms with Crippen LogP contribution in [0, 0.1) is 11.8 Å². The van der Waals surface area contributed by atoms with E-state index < -0.39 is 0 Å². The molecule has 13 heavy (non-hydrogen) atoms. The van der Waals surface area contributed by atoms with Crippen LogP contribution in [0.3, 0.4) is 0 Å². The summed E-state index contributed by atoms with van der Waals surface area (Å²) in [4.78, 5) is 0. The van der Waals surface area contributed by atoms with Gasteiger partial charge in [0.1, 0.15) is 0 Å². The van der Waals surface area contributed by atoms with E-state index >= 15 is 0 Å². The summed E-state index contributed by atoms with van der Waals surface area (Å²) in [5.41, 5.74) is 5.86. The second-order valence-corrected chi connectivity index (χ2v) is 4.17. The summed E-state index contributed by atoms with van der Waals surface area (Å²) in [5, 5.41) is 3.41. The number of nitrogens with one attached hydrogen (secondary N) is 1. The van der Waals surface area contributed by atoms with Gasteiger partial charge in [-0.15, -0.1) is 0 Å². The lowest BCUT2D eigenvalue weighted by Gasteiger charge is -2.11. The summed E-state index contributed by atoms with van der Waals surface area (Å²) in [5.74, 6) is 1.84. The molecular weight excluding hydrogens is 164 g/mol. The summed E-state index contributed by atoms with van der Waals surface area (Å²) >= 11 is 0. The molecule has 0 aromatic rings. The molecule has 1 aliphatic carbocycles. The molecule has 3 unspecified atom stereocenters. The Morgan fingerprint density at radius 3 is 2.85 bits per heavy atom. The number of methoxy groups -OCH3 is 1. The van der Waals surface area contributed by atoms with Crippen molar-refractivity contribution in [3.8, 4) is 0 Å². The quantitative estimate of drug-likeness (QED) is 0.612. The topological polar surface area (TPSA) is 47.3 Å². The number of nitrogens with two attached hydrogens (primary N) is 1. The minimum Gasteiger partial charge on any atom is -0.385 e. The van der Waals surface area contributed by atoms with Gasteiger partial charge in [-0.3, -0.25) is 0 Å². The Labute approximate surface area is 81.0 Å². The fourth-order valence-corrected chi connectivity index (χ4v) is 1.51. The molecule has 3 atom stereocenters. The Balaban J connectivity index is 1.86. The highest BCUT2D eigenvalue weighted by atomic mass is 16.5. The Hall–Kier alpha value is -0.120. The van der Waals surface area contributed by atoms with E-state index in [1.54, 1.807) is 7.11 Å². The smallest absolute Gasteiger partial charge is 0.0477 e. The van der Waals surface area contributed by atoms with Crippen LogP contribution in [0.15, 0.2) is 0 Å². The highest BCUT2D eigenvalue weighted by molar-refractivity contribution is 4.84. The first-order valence-electron chi connectivity index (χ1n) is 5.19. The van der Waals surface area contributed by atoms with Crippen LogP contribution in [0.4, 0.5) is 0 Å². The maximum absolute atomic E-state index is 5.86. The molecular formula is C10H22N2O. The molecule has 1 fully saturated rings. The molecule has 0 spiro atoms. The van der Waals surface area contributed by atoms with E-state index in [-0.39, 0.29) is 6.04 Å². The van der Waals surface area contributed by atoms with E-state index in [9.17, 15) is 0 Å². The van der Waals surface area contributed by atoms with Crippen LogP contribution in [0.1, 0.15) is 19.8 Å². The highest BCUT2D eigenvalue weighted by Crippen LogP contribution is 2.36. The summed E-state index contributed by atoms with van der Waals surface area (Å²) in [6.07, 6.45) is 2.34. The van der Waals surface area contributed by atoms with Crippen molar-refractivity contribution in [2.24, 2.45) is 17.6 Å². The van der Waals surface area contributed by atoms with Gasteiger partial charge in [0.15, 0.2) is 0 Å². The van der Waals surface area contributed by atoms with Crippen molar-refractivity contribution in [3.63, 3.8) is 0 Å². The molecule has 1 saturated carbocycles. The molecule has 0 amide bonds. The fourth-order valence-electron chi connectivity index (χ4n) is 1.51. The van der Waals surface area contributed by atoms with Gasteiger partial charge in [0.2, 0.25) is 0 Å². The molecule has 0 radical (unpaired) electrons. The predicted octanol–water partition coefficient (Wildman–Crippen LogP) is 0.596. The zero-order valence-corrected chi connectivity index (χ0v) is 8.75. The largest absolute Gasteiger partial charge is 0.385 e. The van der Waals surface area contributed by atoms with Gasteiger partial charge in [0, 0.05) is 26.3 Å². The number of ether oxygens (including phenoxy) is 1. The Morgan fingerprint density at radius 1 is 1.62 bits per heavy atom. The van der Waals surface area contributed by atoms with Crippen LogP contribution in [0.25, 0.3) is 0 Å². The lowest BCUT2D eigenvalue weighted by Crippen LogP contribution is -2.35. The fraction of sp³-hybridized carbons (Fsp3) is 1.00. The van der Waals surface area contributed by atoms with Crippen LogP contribution in [-0.2, 0) is 4.74 Å². The molecule has 0 aliphatic heterocycles. The molecule has 78 valence electrons. The molecule has 0 heterocycles. The van der Waals surface area contributed by atoms with Crippen LogP contribution in [0.2, 0.25) is 0 Å². The molecule has 3 nitrogen and oxygen atoms in total. The van der Waals surface area contributed by atoms with E-state index in [0.717, 1.165) is 38.0 Å². The van der Waals surface area contributed by atoms with Gasteiger partial charge >= 0.3 is 0 Å². The Kier molecular flexibility index (Phi) is 4.70. The van der Waals surface area contributed by atoms with Gasteiger partial charge in [0.25, 0.3) is 0 Å². The van der Waals surface area contributed by atoms with Crippen molar-refractivity contribution in [1.29, 1.82) is 0 Å². The Bertz CT molecular complexity index is 141. The maximum atomic E-state index is 5.86. The molecule has 0 saturated heterocycles. The normalized spacial score (nSPS) is 28.8. The predicted molar refractivity (Wildman–Crippen MR) is 54.6 cm³/mol. The summed E-state index contributed by atoms with van der Waals surface area (Å²) in [6.45, 7) is 5.13. The van der Waals surface area contributed by atoms with Gasteiger partial charge in [-0.2, -0.15) is 0 Å². The average molecular weight is 186 g/mol. The SMILES string of the molecule is COCCC(N)CNCC1CC1C. The van der Waals surface area contributed by atoms with Gasteiger partial charge in [0.05, 0.1) is 0 Å². The summed E-state index contributed by atoms with van der Waals surface area (Å²) in [7, 11) is 1.71. The van der Waals surface area contributed by atoms with Crippen molar-refractivity contribution >= 4 is 0 Å². The molecule has 1 rings (SSSR count). The maximum Gasteiger partial charge on any atom is 0.0477 e. The van der Waals surface area contributed by atoms with E-state index in [0.29, 0.717) is 0 Å². The van der Waals surface area contributed by atoms with E-state index in [2.05, 4.69) is 12.2 Å². The lowest BCUT2D eigenvalue weighted by molar-refractivity contribution is 0.187. The second kappa shape index (κ2) is 5.58. The summed E-state index contributed by atoms with van der Waals surface area (Å²) < 4.78 is 4.96. The van der Waals surface area contributed by atoms with E-state index in [1.165, 1.54) is 6.42 Å². The molecule has 0 aromatic carbocycles. The third-order valence-electron chi connectivity index (χ3n) is 2.78. The van der Waals surface area contributed by atoms with Crippen LogP contribution in [-0.4, -0.2) is 32.8 Å². The van der Waals surface area contributed by atoms with Gasteiger partial charge in [-0.1, -0.05) is 6.92 Å². The Morgan fingerprint density at radius 2 is 2.31 bits per heavy atom. The minimum atomic E-state index is 0.244. The van der Waals surface area contributed by atoms with Gasteiger partial charge in [-0.25, -0.2) is 0 Å². The van der Waals surface area contributed by atoms with E-state index in [1.807, 2.05) is 0 Å². The molecule has 3 heteroatoms. The molecule has 0 bridgehead atoms. The van der Waals surface area contributed by atoms with E-state index in [4.69, 9.17) is 10.5 Å². The molecule has 3 N–H and O–H groups in total. The third kappa shape index (κ3) is 4.60. The molecule has 0 aromatic heterocycles. The zero-order chi connectivity index (χ0) is 9.68. The van der Waals surface area contributed by atoms with Crippen LogP contribution in [0.5, 0.6) is 0 Å². The van der Waals surface area contributed by atoms with Crippen molar-refractivity contribution in [2.75, 3.05) is 26.8 Å². The van der Waals surface area contributed by atoms with Crippen molar-refractivity contribution in [2.45, 2.75) is 25.8 Å². The van der Waals surface area contributed by atoms with Gasteiger partial charge in [-0.05, 0) is 31.2 Å². The monoisotopic (exact) mass is 186 g/mol.